The van der Waals surface area contributed by atoms with Crippen molar-refractivity contribution in [3.05, 3.63) is 87.0 Å². The number of rotatable bonds is 4. The highest BCUT2D eigenvalue weighted by molar-refractivity contribution is 6.31. The molecule has 0 spiro atoms. The van der Waals surface area contributed by atoms with Gasteiger partial charge in [0.2, 0.25) is 6.29 Å². The number of aliphatic hydroxyl groups excluding tert-OH is 3. The highest BCUT2D eigenvalue weighted by Crippen LogP contribution is 2.45. The molecule has 3 aromatic carbocycles. The van der Waals surface area contributed by atoms with Crippen molar-refractivity contribution in [3.63, 3.8) is 0 Å². The van der Waals surface area contributed by atoms with Gasteiger partial charge in [0, 0.05) is 34.7 Å². The van der Waals surface area contributed by atoms with Crippen LogP contribution >= 0.6 is 0 Å². The molecule has 43 heavy (non-hydrogen) atoms. The third-order valence-electron chi connectivity index (χ3n) is 8.29. The van der Waals surface area contributed by atoms with Crippen LogP contribution in [0.25, 0.3) is 11.6 Å². The molecule has 4 N–H and O–H groups in total. The Morgan fingerprint density at radius 1 is 0.884 bits per heavy atom. The number of aryl methyl sites for hydroxylation is 1. The number of phenols is 1. The number of esters is 1. The number of allylic oxidation sites excluding steroid dienone is 1. The second-order valence-corrected chi connectivity index (χ2v) is 11.1. The number of carbonyl (C=O) groups excluding carboxylic acids is 3. The van der Waals surface area contributed by atoms with Gasteiger partial charge in [-0.1, -0.05) is 30.3 Å². The molecule has 0 radical (unpaired) electrons. The van der Waals surface area contributed by atoms with Crippen LogP contribution in [0.4, 0.5) is 0 Å². The van der Waals surface area contributed by atoms with Crippen molar-refractivity contribution >= 4 is 29.2 Å². The van der Waals surface area contributed by atoms with Gasteiger partial charge in [-0.15, -0.1) is 0 Å². The fourth-order valence-electron chi connectivity index (χ4n) is 5.98. The average molecular weight is 587 g/mol. The summed E-state index contributed by atoms with van der Waals surface area (Å²) in [6.07, 6.45) is -3.77. The zero-order valence-corrected chi connectivity index (χ0v) is 23.7. The Morgan fingerprint density at radius 3 is 2.35 bits per heavy atom. The van der Waals surface area contributed by atoms with Gasteiger partial charge in [-0.05, 0) is 61.6 Å². The van der Waals surface area contributed by atoms with Gasteiger partial charge in [-0.3, -0.25) is 14.4 Å². The van der Waals surface area contributed by atoms with E-state index in [2.05, 4.69) is 0 Å². The van der Waals surface area contributed by atoms with Gasteiger partial charge in [-0.25, -0.2) is 0 Å². The summed E-state index contributed by atoms with van der Waals surface area (Å²) in [4.78, 5) is 40.2. The SMILES string of the molecule is CC(=O)Oc1ccc2c(c1C1=Cc3ccccc3CC1)C(=O)c1cc(O[C@H]3O[C@@H](C)[C@@H](O)[C@@H](O)[C@H]3O)c(C)c(O)c1C2=O. The Morgan fingerprint density at radius 2 is 1.60 bits per heavy atom. The third-order valence-corrected chi connectivity index (χ3v) is 8.29. The Labute approximate surface area is 246 Å². The Balaban J connectivity index is 1.49. The van der Waals surface area contributed by atoms with E-state index in [-0.39, 0.29) is 39.3 Å². The van der Waals surface area contributed by atoms with E-state index in [1.807, 2.05) is 30.3 Å². The lowest BCUT2D eigenvalue weighted by Gasteiger charge is -2.39. The van der Waals surface area contributed by atoms with Crippen LogP contribution in [-0.2, 0) is 16.0 Å². The quantitative estimate of drug-likeness (QED) is 0.207. The molecular weight excluding hydrogens is 556 g/mol. The van der Waals surface area contributed by atoms with Gasteiger partial charge in [0.05, 0.1) is 11.7 Å². The number of aliphatic hydroxyl groups is 3. The lowest BCUT2D eigenvalue weighted by Crippen LogP contribution is -2.58. The van der Waals surface area contributed by atoms with Crippen LogP contribution in [0.15, 0.2) is 42.5 Å². The van der Waals surface area contributed by atoms with E-state index in [9.17, 15) is 34.8 Å². The molecule has 3 aromatic rings. The maximum atomic E-state index is 14.3. The van der Waals surface area contributed by atoms with E-state index in [4.69, 9.17) is 14.2 Å². The van der Waals surface area contributed by atoms with E-state index >= 15 is 0 Å². The van der Waals surface area contributed by atoms with Crippen LogP contribution in [0.3, 0.4) is 0 Å². The van der Waals surface area contributed by atoms with Gasteiger partial charge in [-0.2, -0.15) is 0 Å². The minimum absolute atomic E-state index is 0.0391. The van der Waals surface area contributed by atoms with Crippen LogP contribution in [0.5, 0.6) is 17.2 Å². The molecule has 222 valence electrons. The first-order valence-corrected chi connectivity index (χ1v) is 13.9. The molecule has 0 unspecified atom stereocenters. The summed E-state index contributed by atoms with van der Waals surface area (Å²) < 4.78 is 16.9. The van der Waals surface area contributed by atoms with Crippen LogP contribution in [-0.4, -0.2) is 68.7 Å². The minimum atomic E-state index is -1.64. The maximum absolute atomic E-state index is 14.3. The second kappa shape index (κ2) is 10.7. The number of hydrogen-bond donors (Lipinski definition) is 4. The van der Waals surface area contributed by atoms with Crippen molar-refractivity contribution in [1.82, 2.24) is 0 Å². The zero-order valence-electron chi connectivity index (χ0n) is 23.7. The molecule has 6 rings (SSSR count). The van der Waals surface area contributed by atoms with Crippen molar-refractivity contribution in [1.29, 1.82) is 0 Å². The fourth-order valence-corrected chi connectivity index (χ4v) is 5.98. The van der Waals surface area contributed by atoms with E-state index in [0.29, 0.717) is 24.0 Å². The monoisotopic (exact) mass is 586 g/mol. The predicted molar refractivity (Wildman–Crippen MR) is 153 cm³/mol. The molecule has 1 saturated heterocycles. The fraction of sp³-hybridized carbons (Fsp3) is 0.303. The van der Waals surface area contributed by atoms with Gasteiger partial charge in [0.15, 0.2) is 11.6 Å². The van der Waals surface area contributed by atoms with Crippen LogP contribution in [0, 0.1) is 6.92 Å². The Bertz CT molecular complexity index is 1720. The van der Waals surface area contributed by atoms with Crippen molar-refractivity contribution in [2.45, 2.75) is 64.3 Å². The zero-order chi connectivity index (χ0) is 30.7. The number of phenolic OH excluding ortho intramolecular Hbond substituents is 1. The lowest BCUT2D eigenvalue weighted by atomic mass is 9.77. The highest BCUT2D eigenvalue weighted by Gasteiger charge is 2.44. The predicted octanol–water partition coefficient (Wildman–Crippen LogP) is 3.09. The number of ketones is 2. The van der Waals surface area contributed by atoms with E-state index in [0.717, 1.165) is 11.1 Å². The smallest absolute Gasteiger partial charge is 0.308 e. The lowest BCUT2D eigenvalue weighted by molar-refractivity contribution is -0.268. The molecule has 1 heterocycles. The van der Waals surface area contributed by atoms with E-state index < -0.39 is 54.0 Å². The first kappa shape index (κ1) is 28.8. The van der Waals surface area contributed by atoms with Gasteiger partial charge >= 0.3 is 5.97 Å². The molecule has 2 aliphatic carbocycles. The number of carbonyl (C=O) groups is 3. The third kappa shape index (κ3) is 4.72. The summed E-state index contributed by atoms with van der Waals surface area (Å²) in [5.41, 5.74) is 2.96. The molecule has 10 heteroatoms. The summed E-state index contributed by atoms with van der Waals surface area (Å²) >= 11 is 0. The number of fused-ring (bicyclic) bond motifs is 3. The number of benzene rings is 3. The van der Waals surface area contributed by atoms with Crippen molar-refractivity contribution < 1.29 is 49.0 Å². The first-order valence-electron chi connectivity index (χ1n) is 13.9. The van der Waals surface area contributed by atoms with Gasteiger partial charge in [0.1, 0.15) is 35.6 Å². The molecule has 0 bridgehead atoms. The molecule has 1 aliphatic heterocycles. The van der Waals surface area contributed by atoms with Gasteiger partial charge in [0.25, 0.3) is 0 Å². The molecular formula is C33H30O10. The summed E-state index contributed by atoms with van der Waals surface area (Å²) in [5, 5.41) is 41.9. The molecule has 3 aliphatic rings. The summed E-state index contributed by atoms with van der Waals surface area (Å²) in [6.45, 7) is 4.22. The number of hydrogen-bond acceptors (Lipinski definition) is 10. The van der Waals surface area contributed by atoms with Crippen molar-refractivity contribution in [2.75, 3.05) is 0 Å². The van der Waals surface area contributed by atoms with Gasteiger partial charge < -0.3 is 34.6 Å². The Kier molecular flexibility index (Phi) is 7.18. The number of ether oxygens (including phenoxy) is 3. The molecule has 0 amide bonds. The standard InChI is InChI=1S/C33H30O10/c1-14-23(43-33-32(40)31(39)28(36)15(2)41-33)13-21-26(27(14)35)29(37)20-10-11-22(42-16(3)34)24(25(20)30(21)38)19-9-8-17-6-4-5-7-18(17)12-19/h4-7,10-13,15,28,31-33,35-36,39-40H,8-9H2,1-3H3/t15-,28+,31+,32+,33+/m0/s1. The largest absolute Gasteiger partial charge is 0.507 e. The molecule has 10 nitrogen and oxygen atoms in total. The summed E-state index contributed by atoms with van der Waals surface area (Å²) in [7, 11) is 0. The molecule has 0 aromatic heterocycles. The highest BCUT2D eigenvalue weighted by atomic mass is 16.7. The molecule has 0 saturated carbocycles. The minimum Gasteiger partial charge on any atom is -0.507 e. The van der Waals surface area contributed by atoms with Crippen LogP contribution in [0.1, 0.15) is 74.4 Å². The summed E-state index contributed by atoms with van der Waals surface area (Å²) in [6, 6.07) is 12.0. The van der Waals surface area contributed by atoms with Crippen LogP contribution in [0.2, 0.25) is 0 Å². The van der Waals surface area contributed by atoms with Crippen molar-refractivity contribution in [2.24, 2.45) is 0 Å². The topological polar surface area (TPSA) is 160 Å². The van der Waals surface area contributed by atoms with Crippen molar-refractivity contribution in [3.8, 4) is 17.2 Å². The first-order chi connectivity index (χ1) is 20.5. The average Bonchev–Trinajstić information content (AvgIpc) is 2.99. The maximum Gasteiger partial charge on any atom is 0.308 e. The normalized spacial score (nSPS) is 24.4. The van der Waals surface area contributed by atoms with Crippen LogP contribution < -0.4 is 9.47 Å². The van der Waals surface area contributed by atoms with E-state index in [1.54, 1.807) is 0 Å². The number of aromatic hydroxyl groups is 1. The molecule has 1 fully saturated rings. The Hall–Kier alpha value is -4.35. The molecule has 5 atom stereocenters. The second-order valence-electron chi connectivity index (χ2n) is 11.1. The van der Waals surface area contributed by atoms with E-state index in [1.165, 1.54) is 39.0 Å². The summed E-state index contributed by atoms with van der Waals surface area (Å²) in [5.74, 6) is -2.19.